The van der Waals surface area contributed by atoms with Crippen molar-refractivity contribution < 1.29 is 14.8 Å². The van der Waals surface area contributed by atoms with Crippen molar-refractivity contribution in [1.29, 1.82) is 0 Å². The maximum Gasteiger partial charge on any atom is 0.307 e. The maximum atomic E-state index is 10.3. The van der Waals surface area contributed by atoms with E-state index in [0.717, 1.165) is 5.92 Å². The number of hydrogen-bond donors (Lipinski definition) is 1. The van der Waals surface area contributed by atoms with Gasteiger partial charge < -0.3 is 5.11 Å². The number of nitro groups is 1. The predicted octanol–water partition coefficient (Wildman–Crippen LogP) is 2.88. The van der Waals surface area contributed by atoms with Gasteiger partial charge in [0.1, 0.15) is 0 Å². The van der Waals surface area contributed by atoms with E-state index in [2.05, 4.69) is 20.8 Å². The minimum Gasteiger partial charge on any atom is -0.481 e. The van der Waals surface area contributed by atoms with E-state index in [1.54, 1.807) is 0 Å². The Balaban J connectivity index is 0.000000557. The van der Waals surface area contributed by atoms with Crippen LogP contribution in [-0.4, -0.2) is 16.0 Å². The van der Waals surface area contributed by atoms with E-state index >= 15 is 0 Å². The first-order chi connectivity index (χ1) is 7.82. The van der Waals surface area contributed by atoms with Gasteiger partial charge in [-0.05, 0) is 11.5 Å². The molecule has 0 saturated carbocycles. The fourth-order valence-corrected chi connectivity index (χ4v) is 0.910. The second-order valence-electron chi connectivity index (χ2n) is 4.23. The Morgan fingerprint density at radius 1 is 1.29 bits per heavy atom. The van der Waals surface area contributed by atoms with Crippen LogP contribution in [0.15, 0.2) is 24.3 Å². The highest BCUT2D eigenvalue weighted by atomic mass is 16.6. The summed E-state index contributed by atoms with van der Waals surface area (Å²) in [6.45, 7) is 6.50. The van der Waals surface area contributed by atoms with Gasteiger partial charge in [-0.25, -0.2) is 0 Å². The standard InChI is InChI=1S/C8H7NO4.C4H10/c10-8(11)5-6-1-3-7(4-2-6)9(12)13;1-4(2)3/h1-4H,5H2,(H,10,11);4H,1-3H3. The molecule has 0 amide bonds. The van der Waals surface area contributed by atoms with Gasteiger partial charge in [0.15, 0.2) is 0 Å². The zero-order chi connectivity index (χ0) is 13.4. The number of nitrogens with zero attached hydrogens (tertiary/aromatic N) is 1. The number of carboxylic acids is 1. The quantitative estimate of drug-likeness (QED) is 0.649. The molecule has 0 aliphatic rings. The zero-order valence-corrected chi connectivity index (χ0v) is 10.2. The summed E-state index contributed by atoms with van der Waals surface area (Å²) in [6.07, 6.45) is -0.113. The van der Waals surface area contributed by atoms with Gasteiger partial charge in [0.25, 0.3) is 5.69 Å². The first-order valence-electron chi connectivity index (χ1n) is 5.28. The minimum absolute atomic E-state index is 0.0332. The van der Waals surface area contributed by atoms with Crippen molar-refractivity contribution in [3.63, 3.8) is 0 Å². The molecule has 0 spiro atoms. The molecule has 0 unspecified atom stereocenters. The van der Waals surface area contributed by atoms with E-state index in [0.29, 0.717) is 5.56 Å². The van der Waals surface area contributed by atoms with E-state index in [1.807, 2.05) is 0 Å². The van der Waals surface area contributed by atoms with Crippen LogP contribution in [-0.2, 0) is 11.2 Å². The first-order valence-corrected chi connectivity index (χ1v) is 5.28. The summed E-state index contributed by atoms with van der Waals surface area (Å²) in [6, 6.07) is 5.45. The fourth-order valence-electron chi connectivity index (χ4n) is 0.910. The maximum absolute atomic E-state index is 10.3. The number of aliphatic carboxylic acids is 1. The smallest absolute Gasteiger partial charge is 0.307 e. The highest BCUT2D eigenvalue weighted by Gasteiger charge is 2.05. The van der Waals surface area contributed by atoms with Gasteiger partial charge in [-0.2, -0.15) is 0 Å². The molecule has 17 heavy (non-hydrogen) atoms. The number of carbonyl (C=O) groups is 1. The summed E-state index contributed by atoms with van der Waals surface area (Å²) in [5, 5.41) is 18.6. The third-order valence-electron chi connectivity index (χ3n) is 1.50. The lowest BCUT2D eigenvalue weighted by molar-refractivity contribution is -0.384. The lowest BCUT2D eigenvalue weighted by atomic mass is 10.1. The zero-order valence-electron chi connectivity index (χ0n) is 10.2. The number of nitro benzene ring substituents is 1. The van der Waals surface area contributed by atoms with Crippen LogP contribution in [0.1, 0.15) is 26.3 Å². The fraction of sp³-hybridized carbons (Fsp3) is 0.417. The number of carboxylic acid groups (broad SMARTS) is 1. The summed E-state index contributed by atoms with van der Waals surface area (Å²) in [7, 11) is 0. The van der Waals surface area contributed by atoms with Gasteiger partial charge in [0.2, 0.25) is 0 Å². The van der Waals surface area contributed by atoms with Crippen LogP contribution in [0.4, 0.5) is 5.69 Å². The number of benzene rings is 1. The molecule has 1 aromatic rings. The van der Waals surface area contributed by atoms with Crippen molar-refractivity contribution in [2.45, 2.75) is 27.2 Å². The highest BCUT2D eigenvalue weighted by Crippen LogP contribution is 2.11. The summed E-state index contributed by atoms with van der Waals surface area (Å²) >= 11 is 0. The average molecular weight is 239 g/mol. The molecular weight excluding hydrogens is 222 g/mol. The van der Waals surface area contributed by atoms with Crippen molar-refractivity contribution in [2.24, 2.45) is 5.92 Å². The minimum atomic E-state index is -0.950. The van der Waals surface area contributed by atoms with Crippen molar-refractivity contribution in [3.05, 3.63) is 39.9 Å². The number of hydrogen-bond acceptors (Lipinski definition) is 3. The van der Waals surface area contributed by atoms with Crippen LogP contribution in [0, 0.1) is 16.0 Å². The molecular formula is C12H17NO4. The van der Waals surface area contributed by atoms with Gasteiger partial charge >= 0.3 is 5.97 Å². The molecule has 94 valence electrons. The molecule has 0 atom stereocenters. The van der Waals surface area contributed by atoms with Crippen LogP contribution in [0.25, 0.3) is 0 Å². The van der Waals surface area contributed by atoms with Crippen LogP contribution in [0.3, 0.4) is 0 Å². The summed E-state index contributed by atoms with van der Waals surface area (Å²) in [4.78, 5) is 20.0. The Morgan fingerprint density at radius 3 is 2.00 bits per heavy atom. The predicted molar refractivity (Wildman–Crippen MR) is 64.9 cm³/mol. The van der Waals surface area contributed by atoms with Crippen molar-refractivity contribution in [3.8, 4) is 0 Å². The first kappa shape index (κ1) is 15.1. The lowest BCUT2D eigenvalue weighted by Crippen LogP contribution is -1.99. The van der Waals surface area contributed by atoms with Gasteiger partial charge in [0, 0.05) is 12.1 Å². The molecule has 5 nitrogen and oxygen atoms in total. The lowest BCUT2D eigenvalue weighted by Gasteiger charge is -1.95. The second-order valence-corrected chi connectivity index (χ2v) is 4.23. The van der Waals surface area contributed by atoms with E-state index in [9.17, 15) is 14.9 Å². The van der Waals surface area contributed by atoms with Crippen LogP contribution < -0.4 is 0 Å². The number of non-ortho nitro benzene ring substituents is 1. The SMILES string of the molecule is CC(C)C.O=C(O)Cc1ccc([N+](=O)[O-])cc1. The molecule has 0 aliphatic carbocycles. The normalized spacial score (nSPS) is 9.41. The molecule has 0 aliphatic heterocycles. The molecule has 0 aromatic heterocycles. The Morgan fingerprint density at radius 2 is 1.71 bits per heavy atom. The molecule has 5 heteroatoms. The van der Waals surface area contributed by atoms with Gasteiger partial charge in [-0.15, -0.1) is 0 Å². The average Bonchev–Trinajstić information content (AvgIpc) is 2.16. The molecule has 0 heterocycles. The topological polar surface area (TPSA) is 80.4 Å². The molecule has 1 rings (SSSR count). The third-order valence-corrected chi connectivity index (χ3v) is 1.50. The van der Waals surface area contributed by atoms with Crippen molar-refractivity contribution in [1.82, 2.24) is 0 Å². The summed E-state index contributed by atoms with van der Waals surface area (Å²) in [5.41, 5.74) is 0.521. The Labute approximate surface area is 100 Å². The molecule has 1 aromatic carbocycles. The molecule has 0 fully saturated rings. The van der Waals surface area contributed by atoms with Crippen molar-refractivity contribution in [2.75, 3.05) is 0 Å². The van der Waals surface area contributed by atoms with Gasteiger partial charge in [0.05, 0.1) is 11.3 Å². The van der Waals surface area contributed by atoms with Crippen LogP contribution in [0.5, 0.6) is 0 Å². The van der Waals surface area contributed by atoms with E-state index < -0.39 is 10.9 Å². The van der Waals surface area contributed by atoms with Crippen molar-refractivity contribution >= 4 is 11.7 Å². The Bertz CT molecular complexity index is 368. The van der Waals surface area contributed by atoms with Crippen LogP contribution >= 0.6 is 0 Å². The Kier molecular flexibility index (Phi) is 6.55. The summed E-state index contributed by atoms with van der Waals surface area (Å²) in [5.74, 6) is -0.117. The monoisotopic (exact) mass is 239 g/mol. The highest BCUT2D eigenvalue weighted by molar-refractivity contribution is 5.70. The van der Waals surface area contributed by atoms with Gasteiger partial charge in [-0.3, -0.25) is 14.9 Å². The van der Waals surface area contributed by atoms with Gasteiger partial charge in [-0.1, -0.05) is 32.9 Å². The molecule has 0 bridgehead atoms. The van der Waals surface area contributed by atoms with Crippen LogP contribution in [0.2, 0.25) is 0 Å². The third kappa shape index (κ3) is 7.96. The molecule has 0 radical (unpaired) electrons. The largest absolute Gasteiger partial charge is 0.481 e. The number of rotatable bonds is 3. The van der Waals surface area contributed by atoms with E-state index in [-0.39, 0.29) is 12.1 Å². The summed E-state index contributed by atoms with van der Waals surface area (Å²) < 4.78 is 0. The van der Waals surface area contributed by atoms with E-state index in [1.165, 1.54) is 24.3 Å². The molecule has 0 saturated heterocycles. The Hall–Kier alpha value is -1.91. The van der Waals surface area contributed by atoms with E-state index in [4.69, 9.17) is 5.11 Å². The second kappa shape index (κ2) is 7.38. The molecule has 1 N–H and O–H groups in total.